The van der Waals surface area contributed by atoms with E-state index in [1.807, 2.05) is 24.0 Å². The van der Waals surface area contributed by atoms with Crippen molar-refractivity contribution in [3.05, 3.63) is 46.2 Å². The van der Waals surface area contributed by atoms with E-state index in [0.717, 1.165) is 51.5 Å². The summed E-state index contributed by atoms with van der Waals surface area (Å²) in [7, 11) is 0. The Bertz CT molecular complexity index is 770. The van der Waals surface area contributed by atoms with Gasteiger partial charge in [0.1, 0.15) is 6.04 Å². The van der Waals surface area contributed by atoms with Crippen LogP contribution in [0.5, 0.6) is 0 Å². The molecule has 0 bridgehead atoms. The molecule has 0 saturated carbocycles. The predicted molar refractivity (Wildman–Crippen MR) is 106 cm³/mol. The van der Waals surface area contributed by atoms with Crippen LogP contribution in [0.25, 0.3) is 0 Å². The average Bonchev–Trinajstić information content (AvgIpc) is 3.16. The average molecular weight is 372 g/mol. The van der Waals surface area contributed by atoms with Crippen molar-refractivity contribution < 1.29 is 9.53 Å². The normalized spacial score (nSPS) is 18.3. The zero-order chi connectivity index (χ0) is 17.9. The molecule has 2 aliphatic rings. The molecule has 0 aliphatic carbocycles. The molecule has 1 unspecified atom stereocenters. The van der Waals surface area contributed by atoms with Crippen molar-refractivity contribution in [3.63, 3.8) is 0 Å². The van der Waals surface area contributed by atoms with E-state index in [4.69, 9.17) is 4.74 Å². The summed E-state index contributed by atoms with van der Waals surface area (Å²) in [6.45, 7) is 6.86. The Morgan fingerprint density at radius 2 is 2.08 bits per heavy atom. The lowest BCUT2D eigenvalue weighted by Gasteiger charge is -2.31. The first-order valence-corrected chi connectivity index (χ1v) is 10.1. The fourth-order valence-electron chi connectivity index (χ4n) is 3.64. The number of hydrogen-bond acceptors (Lipinski definition) is 5. The topological polar surface area (TPSA) is 44.8 Å². The standard InChI is InChI=1S/C20H25N3O2S/c1-15(20(24)23-7-5-19-16(14-23)6-12-26-19)21-17-3-2-4-18(13-17)22-8-10-25-11-9-22/h2-4,6,12-13,15,21H,5,7-11,14H2,1H3. The number of nitrogens with one attached hydrogen (secondary N) is 1. The zero-order valence-electron chi connectivity index (χ0n) is 15.1. The minimum atomic E-state index is -0.241. The number of amides is 1. The lowest BCUT2D eigenvalue weighted by Crippen LogP contribution is -2.43. The molecule has 0 spiro atoms. The largest absolute Gasteiger partial charge is 0.378 e. The van der Waals surface area contributed by atoms with E-state index in [1.165, 1.54) is 16.1 Å². The molecule has 1 amide bonds. The predicted octanol–water partition coefficient (Wildman–Crippen LogP) is 2.97. The van der Waals surface area contributed by atoms with Crippen molar-refractivity contribution in [1.82, 2.24) is 4.90 Å². The summed E-state index contributed by atoms with van der Waals surface area (Å²) in [6.07, 6.45) is 0.970. The quantitative estimate of drug-likeness (QED) is 0.897. The minimum absolute atomic E-state index is 0.165. The van der Waals surface area contributed by atoms with Crippen molar-refractivity contribution in [2.45, 2.75) is 25.9 Å². The highest BCUT2D eigenvalue weighted by atomic mass is 32.1. The van der Waals surface area contributed by atoms with E-state index >= 15 is 0 Å². The summed E-state index contributed by atoms with van der Waals surface area (Å²) < 4.78 is 5.43. The van der Waals surface area contributed by atoms with Crippen molar-refractivity contribution in [1.29, 1.82) is 0 Å². The van der Waals surface area contributed by atoms with Crippen LogP contribution in [-0.2, 0) is 22.5 Å². The van der Waals surface area contributed by atoms with Gasteiger partial charge in [-0.1, -0.05) is 6.07 Å². The monoisotopic (exact) mass is 371 g/mol. The van der Waals surface area contributed by atoms with Crippen LogP contribution in [0, 0.1) is 0 Å². The van der Waals surface area contributed by atoms with Gasteiger partial charge in [-0.15, -0.1) is 11.3 Å². The molecular weight excluding hydrogens is 346 g/mol. The Balaban J connectivity index is 1.40. The molecule has 138 valence electrons. The number of fused-ring (bicyclic) bond motifs is 1. The lowest BCUT2D eigenvalue weighted by molar-refractivity contribution is -0.132. The summed E-state index contributed by atoms with van der Waals surface area (Å²) in [5, 5.41) is 5.51. The number of ether oxygens (including phenoxy) is 1. The second-order valence-electron chi connectivity index (χ2n) is 6.89. The SMILES string of the molecule is CC(Nc1cccc(N2CCOCC2)c1)C(=O)N1CCc2sccc2C1. The van der Waals surface area contributed by atoms with Gasteiger partial charge >= 0.3 is 0 Å². The smallest absolute Gasteiger partial charge is 0.245 e. The third-order valence-corrected chi connectivity index (χ3v) is 6.12. The molecule has 1 N–H and O–H groups in total. The van der Waals surface area contributed by atoms with Crippen molar-refractivity contribution in [2.75, 3.05) is 43.1 Å². The first kappa shape index (κ1) is 17.4. The third-order valence-electron chi connectivity index (χ3n) is 5.10. The number of morpholine rings is 1. The minimum Gasteiger partial charge on any atom is -0.378 e. The lowest BCUT2D eigenvalue weighted by atomic mass is 10.1. The second-order valence-corrected chi connectivity index (χ2v) is 7.90. The molecule has 1 aromatic heterocycles. The third kappa shape index (κ3) is 3.71. The molecule has 1 saturated heterocycles. The number of carbonyl (C=O) groups excluding carboxylic acids is 1. The van der Waals surface area contributed by atoms with Gasteiger partial charge in [-0.3, -0.25) is 4.79 Å². The number of carbonyl (C=O) groups is 1. The van der Waals surface area contributed by atoms with Gasteiger partial charge in [0.25, 0.3) is 0 Å². The Kier molecular flexibility index (Phi) is 5.13. The van der Waals surface area contributed by atoms with E-state index in [1.54, 1.807) is 11.3 Å². The van der Waals surface area contributed by atoms with Crippen molar-refractivity contribution in [2.24, 2.45) is 0 Å². The molecule has 1 aromatic carbocycles. The summed E-state index contributed by atoms with van der Waals surface area (Å²) in [6, 6.07) is 10.2. The molecular formula is C20H25N3O2S. The Morgan fingerprint density at radius 3 is 2.92 bits per heavy atom. The number of benzene rings is 1. The maximum absolute atomic E-state index is 12.9. The molecule has 2 aromatic rings. The zero-order valence-corrected chi connectivity index (χ0v) is 15.9. The van der Waals surface area contributed by atoms with Crippen molar-refractivity contribution >= 4 is 28.6 Å². The first-order chi connectivity index (χ1) is 12.7. The van der Waals surface area contributed by atoms with Gasteiger partial charge in [0.15, 0.2) is 0 Å². The highest BCUT2D eigenvalue weighted by molar-refractivity contribution is 7.10. The van der Waals surface area contributed by atoms with E-state index in [0.29, 0.717) is 0 Å². The summed E-state index contributed by atoms with van der Waals surface area (Å²) in [4.78, 5) is 18.6. The van der Waals surface area contributed by atoms with E-state index in [2.05, 4.69) is 33.8 Å². The second kappa shape index (κ2) is 7.68. The molecule has 3 heterocycles. The molecule has 2 aliphatic heterocycles. The first-order valence-electron chi connectivity index (χ1n) is 9.24. The maximum Gasteiger partial charge on any atom is 0.245 e. The van der Waals surface area contributed by atoms with Gasteiger partial charge in [0.05, 0.1) is 13.2 Å². The fourth-order valence-corrected chi connectivity index (χ4v) is 4.53. The number of thiophene rings is 1. The molecule has 5 nitrogen and oxygen atoms in total. The Hall–Kier alpha value is -2.05. The van der Waals surface area contributed by atoms with Crippen LogP contribution in [0.2, 0.25) is 0 Å². The van der Waals surface area contributed by atoms with E-state index in [-0.39, 0.29) is 11.9 Å². The van der Waals surface area contributed by atoms with Gasteiger partial charge < -0.3 is 19.9 Å². The highest BCUT2D eigenvalue weighted by Crippen LogP contribution is 2.25. The summed E-state index contributed by atoms with van der Waals surface area (Å²) in [5.41, 5.74) is 3.47. The summed E-state index contributed by atoms with van der Waals surface area (Å²) in [5.74, 6) is 0.165. The van der Waals surface area contributed by atoms with E-state index in [9.17, 15) is 4.79 Å². The van der Waals surface area contributed by atoms with Crippen LogP contribution in [0.1, 0.15) is 17.4 Å². The molecule has 1 atom stereocenters. The van der Waals surface area contributed by atoms with Crippen molar-refractivity contribution in [3.8, 4) is 0 Å². The number of hydrogen-bond donors (Lipinski definition) is 1. The summed E-state index contributed by atoms with van der Waals surface area (Å²) >= 11 is 1.80. The number of rotatable bonds is 4. The van der Waals surface area contributed by atoms with Gasteiger partial charge in [-0.2, -0.15) is 0 Å². The molecule has 4 rings (SSSR count). The molecule has 1 fully saturated rings. The highest BCUT2D eigenvalue weighted by Gasteiger charge is 2.25. The molecule has 0 radical (unpaired) electrons. The van der Waals surface area contributed by atoms with Gasteiger partial charge in [-0.25, -0.2) is 0 Å². The van der Waals surface area contributed by atoms with Gasteiger partial charge in [0.2, 0.25) is 5.91 Å². The van der Waals surface area contributed by atoms with Crippen LogP contribution < -0.4 is 10.2 Å². The number of nitrogens with zero attached hydrogens (tertiary/aromatic N) is 2. The Labute approximate surface area is 158 Å². The van der Waals surface area contributed by atoms with E-state index < -0.39 is 0 Å². The molecule has 6 heteroatoms. The van der Waals surface area contributed by atoms with Crippen LogP contribution in [0.15, 0.2) is 35.7 Å². The van der Waals surface area contributed by atoms with Crippen LogP contribution in [0.4, 0.5) is 11.4 Å². The number of anilines is 2. The van der Waals surface area contributed by atoms with Crippen LogP contribution >= 0.6 is 11.3 Å². The van der Waals surface area contributed by atoms with Gasteiger partial charge in [-0.05, 0) is 48.6 Å². The van der Waals surface area contributed by atoms with Gasteiger partial charge in [0, 0.05) is 42.4 Å². The fraction of sp³-hybridized carbons (Fsp3) is 0.450. The maximum atomic E-state index is 12.9. The van der Waals surface area contributed by atoms with Crippen LogP contribution in [0.3, 0.4) is 0 Å². The molecule has 26 heavy (non-hydrogen) atoms. The van der Waals surface area contributed by atoms with Crippen LogP contribution in [-0.4, -0.2) is 49.7 Å². The Morgan fingerprint density at radius 1 is 1.23 bits per heavy atom.